The van der Waals surface area contributed by atoms with Crippen LogP contribution >= 0.6 is 0 Å². The molecule has 1 unspecified atom stereocenters. The summed E-state index contributed by atoms with van der Waals surface area (Å²) >= 11 is 0. The Morgan fingerprint density at radius 2 is 2.00 bits per heavy atom. The van der Waals surface area contributed by atoms with Gasteiger partial charge in [-0.2, -0.15) is 0 Å². The Labute approximate surface area is 172 Å². The maximum atomic E-state index is 12.7. The second kappa shape index (κ2) is 7.41. The lowest BCUT2D eigenvalue weighted by Crippen LogP contribution is -2.52. The molecule has 1 aromatic carbocycles. The Kier molecular flexibility index (Phi) is 4.90. The van der Waals surface area contributed by atoms with Gasteiger partial charge in [0.05, 0.1) is 13.3 Å². The molecule has 30 heavy (non-hydrogen) atoms. The maximum Gasteiger partial charge on any atom is 0.263 e. The first-order valence-corrected chi connectivity index (χ1v) is 10.6. The number of aromatic nitrogens is 1. The molecular weight excluding hydrogens is 412 g/mol. The topological polar surface area (TPSA) is 135 Å². The number of benzene rings is 1. The molecule has 2 aliphatic rings. The number of rotatable bonds is 5. The number of ether oxygens (including phenoxy) is 1. The van der Waals surface area contributed by atoms with Crippen LogP contribution in [0, 0.1) is 0 Å². The average Bonchev–Trinajstić information content (AvgIpc) is 3.03. The summed E-state index contributed by atoms with van der Waals surface area (Å²) < 4.78 is 32.6. The summed E-state index contributed by atoms with van der Waals surface area (Å²) in [4.78, 5) is 41.4. The van der Waals surface area contributed by atoms with Gasteiger partial charge in [0.2, 0.25) is 17.7 Å². The van der Waals surface area contributed by atoms with Gasteiger partial charge in [0.1, 0.15) is 10.9 Å². The number of nitrogens with one attached hydrogen (secondary N) is 2. The van der Waals surface area contributed by atoms with Crippen molar-refractivity contribution >= 4 is 33.4 Å². The predicted molar refractivity (Wildman–Crippen MR) is 104 cm³/mol. The standard InChI is InChI=1S/C19H18N4O6S/c1-29-17-7-3-13(9-20-17)30(27,28)22-12-2-4-14-11(8-12)10-23(19(14)26)15-5-6-16(24)21-18(15)25/h2-4,7-9,15,22H,5-6,10H2,1H3,(H,21,24,25). The molecule has 1 fully saturated rings. The zero-order valence-corrected chi connectivity index (χ0v) is 16.7. The summed E-state index contributed by atoms with van der Waals surface area (Å²) in [6, 6.07) is 6.65. The van der Waals surface area contributed by atoms with E-state index in [4.69, 9.17) is 4.74 Å². The molecule has 0 bridgehead atoms. The maximum absolute atomic E-state index is 12.7. The molecule has 1 aromatic heterocycles. The summed E-state index contributed by atoms with van der Waals surface area (Å²) in [5.74, 6) is -0.891. The number of carbonyl (C=O) groups is 3. The Hall–Kier alpha value is -3.47. The van der Waals surface area contributed by atoms with Gasteiger partial charge in [0.25, 0.3) is 15.9 Å². The summed E-state index contributed by atoms with van der Waals surface area (Å²) in [6.45, 7) is 0.153. The van der Waals surface area contributed by atoms with Gasteiger partial charge in [0, 0.05) is 30.3 Å². The van der Waals surface area contributed by atoms with Gasteiger partial charge < -0.3 is 9.64 Å². The molecule has 0 saturated carbocycles. The fourth-order valence-electron chi connectivity index (χ4n) is 3.50. The van der Waals surface area contributed by atoms with Gasteiger partial charge in [-0.25, -0.2) is 13.4 Å². The van der Waals surface area contributed by atoms with Gasteiger partial charge in [-0.05, 0) is 36.2 Å². The predicted octanol–water partition coefficient (Wildman–Crippen LogP) is 0.652. The molecule has 1 atom stereocenters. The van der Waals surface area contributed by atoms with Crippen LogP contribution in [0.1, 0.15) is 28.8 Å². The fraction of sp³-hybridized carbons (Fsp3) is 0.263. The lowest BCUT2D eigenvalue weighted by atomic mass is 10.0. The van der Waals surface area contributed by atoms with Crippen LogP contribution in [0.2, 0.25) is 0 Å². The molecule has 2 aliphatic heterocycles. The minimum atomic E-state index is -3.89. The van der Waals surface area contributed by atoms with Gasteiger partial charge in [-0.1, -0.05) is 0 Å². The van der Waals surface area contributed by atoms with Crippen LogP contribution in [0.5, 0.6) is 5.88 Å². The van der Waals surface area contributed by atoms with Gasteiger partial charge in [-0.3, -0.25) is 24.4 Å². The fourth-order valence-corrected chi connectivity index (χ4v) is 4.49. The van der Waals surface area contributed by atoms with E-state index in [0.29, 0.717) is 17.0 Å². The molecule has 3 amide bonds. The van der Waals surface area contributed by atoms with Crippen LogP contribution < -0.4 is 14.8 Å². The number of nitrogens with zero attached hydrogens (tertiary/aromatic N) is 2. The number of hydrogen-bond donors (Lipinski definition) is 2. The zero-order chi connectivity index (χ0) is 21.5. The number of hydrogen-bond acceptors (Lipinski definition) is 7. The lowest BCUT2D eigenvalue weighted by Gasteiger charge is -2.29. The van der Waals surface area contributed by atoms with E-state index in [9.17, 15) is 22.8 Å². The Bertz CT molecular complexity index is 1150. The van der Waals surface area contributed by atoms with Crippen LogP contribution in [-0.4, -0.2) is 49.2 Å². The van der Waals surface area contributed by atoms with Gasteiger partial charge in [0.15, 0.2) is 0 Å². The largest absolute Gasteiger partial charge is 0.481 e. The van der Waals surface area contributed by atoms with Crippen LogP contribution in [0.25, 0.3) is 0 Å². The van der Waals surface area contributed by atoms with Gasteiger partial charge >= 0.3 is 0 Å². The number of methoxy groups -OCH3 is 1. The highest BCUT2D eigenvalue weighted by Gasteiger charge is 2.39. The van der Waals surface area contributed by atoms with Crippen LogP contribution in [0.3, 0.4) is 0 Å². The SMILES string of the molecule is COc1ccc(S(=O)(=O)Nc2ccc3c(c2)CN(C2CCC(=O)NC2=O)C3=O)cn1. The van der Waals surface area contributed by atoms with Crippen molar-refractivity contribution in [2.45, 2.75) is 30.3 Å². The first-order chi connectivity index (χ1) is 14.3. The van der Waals surface area contributed by atoms with E-state index in [0.717, 1.165) is 0 Å². The minimum Gasteiger partial charge on any atom is -0.481 e. The normalized spacial score (nSPS) is 18.8. The lowest BCUT2D eigenvalue weighted by molar-refractivity contribution is -0.136. The quantitative estimate of drug-likeness (QED) is 0.665. The molecule has 4 rings (SSSR count). The van der Waals surface area contributed by atoms with Crippen LogP contribution in [0.15, 0.2) is 41.4 Å². The molecule has 2 aromatic rings. The number of anilines is 1. The number of amides is 3. The molecule has 156 valence electrons. The van der Waals surface area contributed by atoms with E-state index in [1.807, 2.05) is 0 Å². The molecule has 11 heteroatoms. The third kappa shape index (κ3) is 3.59. The van der Waals surface area contributed by atoms with Crippen molar-refractivity contribution in [3.05, 3.63) is 47.7 Å². The van der Waals surface area contributed by atoms with E-state index in [2.05, 4.69) is 15.0 Å². The number of fused-ring (bicyclic) bond motifs is 1. The Morgan fingerprint density at radius 3 is 2.67 bits per heavy atom. The number of pyridine rings is 1. The second-order valence-electron chi connectivity index (χ2n) is 6.91. The molecule has 2 N–H and O–H groups in total. The number of sulfonamides is 1. The highest BCUT2D eigenvalue weighted by atomic mass is 32.2. The van der Waals surface area contributed by atoms with Crippen molar-refractivity contribution in [1.82, 2.24) is 15.2 Å². The molecule has 0 radical (unpaired) electrons. The smallest absolute Gasteiger partial charge is 0.263 e. The van der Waals surface area contributed by atoms with Gasteiger partial charge in [-0.15, -0.1) is 0 Å². The number of imide groups is 1. The summed E-state index contributed by atoms with van der Waals surface area (Å²) in [5, 5.41) is 2.24. The molecule has 3 heterocycles. The van der Waals surface area contributed by atoms with E-state index < -0.39 is 22.0 Å². The monoisotopic (exact) mass is 430 g/mol. The highest BCUT2D eigenvalue weighted by molar-refractivity contribution is 7.92. The van der Waals surface area contributed by atoms with Crippen molar-refractivity contribution in [3.8, 4) is 5.88 Å². The Morgan fingerprint density at radius 1 is 1.20 bits per heavy atom. The zero-order valence-electron chi connectivity index (χ0n) is 15.9. The molecule has 10 nitrogen and oxygen atoms in total. The average molecular weight is 430 g/mol. The summed E-state index contributed by atoms with van der Waals surface area (Å²) in [7, 11) is -2.46. The number of piperidine rings is 1. The van der Waals surface area contributed by atoms with Crippen molar-refractivity contribution in [2.24, 2.45) is 0 Å². The summed E-state index contributed by atoms with van der Waals surface area (Å²) in [5.41, 5.74) is 1.27. The van der Waals surface area contributed by atoms with E-state index in [1.54, 1.807) is 6.07 Å². The van der Waals surface area contributed by atoms with E-state index in [-0.39, 0.29) is 41.8 Å². The van der Waals surface area contributed by atoms with E-state index in [1.165, 1.54) is 42.5 Å². The third-order valence-corrected chi connectivity index (χ3v) is 6.37. The second-order valence-corrected chi connectivity index (χ2v) is 8.60. The molecular formula is C19H18N4O6S. The summed E-state index contributed by atoms with van der Waals surface area (Å²) in [6.07, 6.45) is 1.61. The minimum absolute atomic E-state index is 0.0370. The first kappa shape index (κ1) is 19.8. The highest BCUT2D eigenvalue weighted by Crippen LogP contribution is 2.30. The molecule has 0 spiro atoms. The number of carbonyl (C=O) groups excluding carboxylic acids is 3. The van der Waals surface area contributed by atoms with Crippen molar-refractivity contribution < 1.29 is 27.5 Å². The van der Waals surface area contributed by atoms with Crippen molar-refractivity contribution in [2.75, 3.05) is 11.8 Å². The van der Waals surface area contributed by atoms with Crippen LogP contribution in [-0.2, 0) is 26.2 Å². The first-order valence-electron chi connectivity index (χ1n) is 9.09. The van der Waals surface area contributed by atoms with Crippen LogP contribution in [0.4, 0.5) is 5.69 Å². The molecule has 0 aliphatic carbocycles. The Balaban J connectivity index is 1.54. The van der Waals surface area contributed by atoms with Crippen molar-refractivity contribution in [3.63, 3.8) is 0 Å². The third-order valence-electron chi connectivity index (χ3n) is 5.00. The van der Waals surface area contributed by atoms with Crippen molar-refractivity contribution in [1.29, 1.82) is 0 Å². The van der Waals surface area contributed by atoms with E-state index >= 15 is 0 Å². The molecule has 1 saturated heterocycles.